The van der Waals surface area contributed by atoms with Crippen LogP contribution in [0.25, 0.3) is 0 Å². The van der Waals surface area contributed by atoms with Crippen LogP contribution in [-0.2, 0) is 0 Å². The lowest BCUT2D eigenvalue weighted by Crippen LogP contribution is -2.39. The second-order valence-electron chi connectivity index (χ2n) is 3.66. The van der Waals surface area contributed by atoms with Crippen LogP contribution < -0.4 is 11.1 Å². The van der Waals surface area contributed by atoms with Gasteiger partial charge in [-0.3, -0.25) is 0 Å². The summed E-state index contributed by atoms with van der Waals surface area (Å²) in [7, 11) is 0. The van der Waals surface area contributed by atoms with Gasteiger partial charge < -0.3 is 11.1 Å². The highest BCUT2D eigenvalue weighted by molar-refractivity contribution is 4.74. The first-order valence-corrected chi connectivity index (χ1v) is 4.57. The summed E-state index contributed by atoms with van der Waals surface area (Å²) >= 11 is 0. The van der Waals surface area contributed by atoms with Gasteiger partial charge in [0.05, 0.1) is 0 Å². The van der Waals surface area contributed by atoms with Crippen molar-refractivity contribution in [3.8, 4) is 0 Å². The zero-order chi connectivity index (χ0) is 8.74. The lowest BCUT2D eigenvalue weighted by atomic mass is 10.0. The first-order chi connectivity index (χ1) is 5.12. The molecule has 11 heavy (non-hydrogen) atoms. The smallest absolute Gasteiger partial charge is 0.0122 e. The average molecular weight is 158 g/mol. The van der Waals surface area contributed by atoms with Gasteiger partial charge in [0, 0.05) is 5.54 Å². The zero-order valence-corrected chi connectivity index (χ0v) is 8.11. The van der Waals surface area contributed by atoms with Gasteiger partial charge in [-0.1, -0.05) is 6.92 Å². The highest BCUT2D eigenvalue weighted by Gasteiger charge is 2.11. The number of nitrogens with one attached hydrogen (secondary N) is 1. The summed E-state index contributed by atoms with van der Waals surface area (Å²) in [5, 5.41) is 3.49. The minimum atomic E-state index is 0.300. The van der Waals surface area contributed by atoms with Crippen LogP contribution in [0.15, 0.2) is 0 Å². The van der Waals surface area contributed by atoms with Crippen molar-refractivity contribution in [2.24, 2.45) is 5.73 Å². The van der Waals surface area contributed by atoms with Gasteiger partial charge in [0.1, 0.15) is 0 Å². The van der Waals surface area contributed by atoms with Crippen LogP contribution in [0.2, 0.25) is 0 Å². The summed E-state index contributed by atoms with van der Waals surface area (Å²) in [6.45, 7) is 8.58. The van der Waals surface area contributed by atoms with E-state index in [2.05, 4.69) is 26.1 Å². The van der Waals surface area contributed by atoms with Crippen LogP contribution in [0.4, 0.5) is 0 Å². The maximum Gasteiger partial charge on any atom is 0.0122 e. The van der Waals surface area contributed by atoms with Gasteiger partial charge in [0.25, 0.3) is 0 Å². The van der Waals surface area contributed by atoms with E-state index in [4.69, 9.17) is 5.73 Å². The molecule has 0 rings (SSSR count). The molecule has 0 aromatic heterocycles. The Labute approximate surface area is 70.5 Å². The normalized spacial score (nSPS) is 12.0. The Kier molecular flexibility index (Phi) is 5.51. The minimum Gasteiger partial charge on any atom is -0.330 e. The predicted octanol–water partition coefficient (Wildman–Crippen LogP) is 1.50. The van der Waals surface area contributed by atoms with E-state index in [1.807, 2.05) is 0 Å². The first kappa shape index (κ1) is 10.9. The predicted molar refractivity (Wildman–Crippen MR) is 50.7 cm³/mol. The van der Waals surface area contributed by atoms with E-state index >= 15 is 0 Å². The van der Waals surface area contributed by atoms with E-state index in [0.29, 0.717) is 5.54 Å². The Morgan fingerprint density at radius 3 is 2.36 bits per heavy atom. The number of unbranched alkanes of at least 4 members (excludes halogenated alkanes) is 1. The molecular formula is C9H22N2. The lowest BCUT2D eigenvalue weighted by molar-refractivity contribution is 0.373. The van der Waals surface area contributed by atoms with Crippen LogP contribution in [0.1, 0.15) is 40.0 Å². The Morgan fingerprint density at radius 1 is 1.27 bits per heavy atom. The molecule has 0 heterocycles. The third kappa shape index (κ3) is 6.32. The summed E-state index contributed by atoms with van der Waals surface area (Å²) < 4.78 is 0. The van der Waals surface area contributed by atoms with Crippen molar-refractivity contribution in [2.75, 3.05) is 13.1 Å². The molecule has 0 saturated carbocycles. The Balaban J connectivity index is 3.23. The molecule has 0 radical (unpaired) electrons. The van der Waals surface area contributed by atoms with Gasteiger partial charge in [-0.25, -0.2) is 0 Å². The molecular weight excluding hydrogens is 136 g/mol. The monoisotopic (exact) mass is 158 g/mol. The molecule has 0 aliphatic heterocycles. The second-order valence-corrected chi connectivity index (χ2v) is 3.66. The van der Waals surface area contributed by atoms with Crippen molar-refractivity contribution in [1.82, 2.24) is 5.32 Å². The molecule has 0 unspecified atom stereocenters. The standard InChI is InChI=1S/C9H22N2/c1-4-9(2,3)11-8-6-5-7-10/h11H,4-8,10H2,1-3H3. The Hall–Kier alpha value is -0.0800. The summed E-state index contributed by atoms with van der Waals surface area (Å²) in [5.41, 5.74) is 5.68. The highest BCUT2D eigenvalue weighted by Crippen LogP contribution is 2.06. The molecule has 2 nitrogen and oxygen atoms in total. The first-order valence-electron chi connectivity index (χ1n) is 4.57. The van der Waals surface area contributed by atoms with E-state index in [0.717, 1.165) is 19.5 Å². The molecule has 0 aliphatic rings. The molecule has 2 heteroatoms. The maximum absolute atomic E-state index is 5.38. The summed E-state index contributed by atoms with van der Waals surface area (Å²) in [6.07, 6.45) is 3.50. The van der Waals surface area contributed by atoms with Gasteiger partial charge in [0.2, 0.25) is 0 Å². The molecule has 0 saturated heterocycles. The molecule has 0 aromatic carbocycles. The SMILES string of the molecule is CCC(C)(C)NCCCCN. The highest BCUT2D eigenvalue weighted by atomic mass is 14.9. The van der Waals surface area contributed by atoms with Crippen molar-refractivity contribution in [2.45, 2.75) is 45.6 Å². The summed E-state index contributed by atoms with van der Waals surface area (Å²) in [5.74, 6) is 0. The molecule has 0 fully saturated rings. The molecule has 0 aliphatic carbocycles. The van der Waals surface area contributed by atoms with E-state index in [1.54, 1.807) is 0 Å². The molecule has 0 bridgehead atoms. The van der Waals surface area contributed by atoms with Crippen LogP contribution in [0.3, 0.4) is 0 Å². The quantitative estimate of drug-likeness (QED) is 0.575. The molecule has 0 spiro atoms. The molecule has 68 valence electrons. The van der Waals surface area contributed by atoms with Gasteiger partial charge in [-0.15, -0.1) is 0 Å². The van der Waals surface area contributed by atoms with Crippen molar-refractivity contribution in [1.29, 1.82) is 0 Å². The number of hydrogen-bond donors (Lipinski definition) is 2. The van der Waals surface area contributed by atoms with Crippen LogP contribution in [0, 0.1) is 0 Å². The fraction of sp³-hybridized carbons (Fsp3) is 1.00. The molecule has 0 amide bonds. The van der Waals surface area contributed by atoms with Gasteiger partial charge in [0.15, 0.2) is 0 Å². The van der Waals surface area contributed by atoms with Gasteiger partial charge in [-0.2, -0.15) is 0 Å². The van der Waals surface area contributed by atoms with Crippen LogP contribution >= 0.6 is 0 Å². The fourth-order valence-corrected chi connectivity index (χ4v) is 0.821. The van der Waals surface area contributed by atoms with Gasteiger partial charge in [-0.05, 0) is 46.2 Å². The third-order valence-corrected chi connectivity index (χ3v) is 2.12. The Morgan fingerprint density at radius 2 is 1.91 bits per heavy atom. The average Bonchev–Trinajstić information content (AvgIpc) is 1.99. The van der Waals surface area contributed by atoms with E-state index in [-0.39, 0.29) is 0 Å². The van der Waals surface area contributed by atoms with E-state index in [1.165, 1.54) is 12.8 Å². The van der Waals surface area contributed by atoms with Crippen molar-refractivity contribution in [3.63, 3.8) is 0 Å². The topological polar surface area (TPSA) is 38.0 Å². The summed E-state index contributed by atoms with van der Waals surface area (Å²) in [4.78, 5) is 0. The minimum absolute atomic E-state index is 0.300. The maximum atomic E-state index is 5.38. The summed E-state index contributed by atoms with van der Waals surface area (Å²) in [6, 6.07) is 0. The molecule has 3 N–H and O–H groups in total. The fourth-order valence-electron chi connectivity index (χ4n) is 0.821. The molecule has 0 atom stereocenters. The lowest BCUT2D eigenvalue weighted by Gasteiger charge is -2.24. The second kappa shape index (κ2) is 5.56. The van der Waals surface area contributed by atoms with Crippen LogP contribution in [0.5, 0.6) is 0 Å². The Bertz CT molecular complexity index is 89.6. The van der Waals surface area contributed by atoms with Crippen molar-refractivity contribution >= 4 is 0 Å². The largest absolute Gasteiger partial charge is 0.330 e. The number of nitrogens with two attached hydrogens (primary N) is 1. The van der Waals surface area contributed by atoms with E-state index in [9.17, 15) is 0 Å². The molecule has 0 aromatic rings. The van der Waals surface area contributed by atoms with Crippen molar-refractivity contribution in [3.05, 3.63) is 0 Å². The number of rotatable bonds is 6. The van der Waals surface area contributed by atoms with Gasteiger partial charge >= 0.3 is 0 Å². The van der Waals surface area contributed by atoms with Crippen molar-refractivity contribution < 1.29 is 0 Å². The van der Waals surface area contributed by atoms with Crippen LogP contribution in [-0.4, -0.2) is 18.6 Å². The number of hydrogen-bond acceptors (Lipinski definition) is 2. The van der Waals surface area contributed by atoms with E-state index < -0.39 is 0 Å². The zero-order valence-electron chi connectivity index (χ0n) is 8.11. The third-order valence-electron chi connectivity index (χ3n) is 2.12.